The highest BCUT2D eigenvalue weighted by atomic mass is 35.5. The summed E-state index contributed by atoms with van der Waals surface area (Å²) in [6, 6.07) is 5.46. The Hall–Kier alpha value is -1.06. The van der Waals surface area contributed by atoms with E-state index in [-0.39, 0.29) is 5.97 Å². The van der Waals surface area contributed by atoms with Gasteiger partial charge in [-0.05, 0) is 49.9 Å². The molecule has 1 atom stereocenters. The van der Waals surface area contributed by atoms with Gasteiger partial charge in [0.25, 0.3) is 0 Å². The quantitative estimate of drug-likeness (QED) is 0.856. The van der Waals surface area contributed by atoms with Crippen molar-refractivity contribution in [1.29, 1.82) is 0 Å². The van der Waals surface area contributed by atoms with Gasteiger partial charge >= 0.3 is 5.97 Å². The van der Waals surface area contributed by atoms with Crippen molar-refractivity contribution in [3.8, 4) is 0 Å². The van der Waals surface area contributed by atoms with Crippen LogP contribution in [0, 0.1) is 0 Å². The number of hydrogen-bond acceptors (Lipinski definition) is 3. The first-order chi connectivity index (χ1) is 8.72. The number of rotatable bonds is 3. The van der Waals surface area contributed by atoms with Crippen molar-refractivity contribution >= 4 is 17.6 Å². The van der Waals surface area contributed by atoms with E-state index in [9.17, 15) is 4.79 Å². The highest BCUT2D eigenvalue weighted by molar-refractivity contribution is 6.31. The Morgan fingerprint density at radius 2 is 2.39 bits per heavy atom. The molecule has 0 bridgehead atoms. The zero-order valence-corrected chi connectivity index (χ0v) is 11.3. The number of carbonyl (C=O) groups is 1. The molecule has 1 aromatic rings. The predicted octanol–water partition coefficient (Wildman–Crippen LogP) is 2.98. The number of halogens is 1. The zero-order chi connectivity index (χ0) is 13.0. The molecule has 18 heavy (non-hydrogen) atoms. The Bertz CT molecular complexity index is 428. The van der Waals surface area contributed by atoms with Crippen molar-refractivity contribution in [3.05, 3.63) is 34.3 Å². The smallest absolute Gasteiger partial charge is 0.338 e. The monoisotopic (exact) mass is 267 g/mol. The van der Waals surface area contributed by atoms with Crippen LogP contribution in [-0.4, -0.2) is 25.7 Å². The van der Waals surface area contributed by atoms with Gasteiger partial charge in [0.2, 0.25) is 0 Å². The number of ether oxygens (including phenoxy) is 1. The second kappa shape index (κ2) is 6.21. The lowest BCUT2D eigenvalue weighted by molar-refractivity contribution is 0.0526. The van der Waals surface area contributed by atoms with Crippen molar-refractivity contribution in [3.63, 3.8) is 0 Å². The second-order valence-corrected chi connectivity index (χ2v) is 4.91. The van der Waals surface area contributed by atoms with Crippen molar-refractivity contribution in [1.82, 2.24) is 5.32 Å². The van der Waals surface area contributed by atoms with E-state index in [1.807, 2.05) is 6.07 Å². The van der Waals surface area contributed by atoms with Gasteiger partial charge in [-0.15, -0.1) is 0 Å². The van der Waals surface area contributed by atoms with Gasteiger partial charge in [0.15, 0.2) is 0 Å². The molecular formula is C14H18ClNO2. The van der Waals surface area contributed by atoms with Gasteiger partial charge in [0.1, 0.15) is 0 Å². The number of esters is 1. The summed E-state index contributed by atoms with van der Waals surface area (Å²) in [5.74, 6) is 0.134. The Labute approximate surface area is 112 Å². The predicted molar refractivity (Wildman–Crippen MR) is 72.3 cm³/mol. The van der Waals surface area contributed by atoms with Crippen LogP contribution in [0.1, 0.15) is 41.6 Å². The van der Waals surface area contributed by atoms with E-state index in [2.05, 4.69) is 5.32 Å². The first kappa shape index (κ1) is 13.4. The molecule has 0 aliphatic carbocycles. The molecule has 0 radical (unpaired) electrons. The lowest BCUT2D eigenvalue weighted by Gasteiger charge is -2.24. The molecule has 1 aliphatic rings. The van der Waals surface area contributed by atoms with E-state index in [0.29, 0.717) is 23.1 Å². The average Bonchev–Trinajstić information content (AvgIpc) is 2.40. The Kier molecular flexibility index (Phi) is 4.61. The summed E-state index contributed by atoms with van der Waals surface area (Å²) < 4.78 is 4.96. The van der Waals surface area contributed by atoms with Crippen LogP contribution in [-0.2, 0) is 4.74 Å². The van der Waals surface area contributed by atoms with Gasteiger partial charge in [0, 0.05) is 11.6 Å². The highest BCUT2D eigenvalue weighted by Crippen LogP contribution is 2.30. The van der Waals surface area contributed by atoms with E-state index < -0.39 is 0 Å². The molecule has 2 rings (SSSR count). The maximum absolute atomic E-state index is 11.6. The Balaban J connectivity index is 2.16. The lowest BCUT2D eigenvalue weighted by atomic mass is 9.91. The van der Waals surface area contributed by atoms with Gasteiger partial charge in [-0.25, -0.2) is 4.79 Å². The molecule has 0 unspecified atom stereocenters. The van der Waals surface area contributed by atoms with Crippen molar-refractivity contribution in [2.75, 3.05) is 19.7 Å². The molecule has 0 spiro atoms. The molecule has 98 valence electrons. The van der Waals surface area contributed by atoms with Crippen molar-refractivity contribution < 1.29 is 9.53 Å². The standard InChI is InChI=1S/C14H18ClNO2/c1-2-18-14(17)10-5-6-12(13(15)8-10)11-4-3-7-16-9-11/h5-6,8,11,16H,2-4,7,9H2,1H3/t11-/m0/s1. The molecule has 1 N–H and O–H groups in total. The van der Waals surface area contributed by atoms with Gasteiger partial charge < -0.3 is 10.1 Å². The van der Waals surface area contributed by atoms with Crippen LogP contribution in [0.2, 0.25) is 5.02 Å². The summed E-state index contributed by atoms with van der Waals surface area (Å²) in [4.78, 5) is 11.6. The Morgan fingerprint density at radius 3 is 3.00 bits per heavy atom. The summed E-state index contributed by atoms with van der Waals surface area (Å²) in [5, 5.41) is 4.03. The highest BCUT2D eigenvalue weighted by Gasteiger charge is 2.19. The fourth-order valence-corrected chi connectivity index (χ4v) is 2.65. The summed E-state index contributed by atoms with van der Waals surface area (Å²) >= 11 is 6.27. The number of benzene rings is 1. The normalized spacial score (nSPS) is 19.6. The molecule has 1 aromatic carbocycles. The van der Waals surface area contributed by atoms with E-state index in [0.717, 1.165) is 25.1 Å². The van der Waals surface area contributed by atoms with Crippen molar-refractivity contribution in [2.24, 2.45) is 0 Å². The SMILES string of the molecule is CCOC(=O)c1ccc([C@H]2CCCNC2)c(Cl)c1. The Morgan fingerprint density at radius 1 is 1.56 bits per heavy atom. The molecule has 1 aliphatic heterocycles. The first-order valence-corrected chi connectivity index (χ1v) is 6.77. The fourth-order valence-electron chi connectivity index (χ4n) is 2.32. The van der Waals surface area contributed by atoms with Crippen LogP contribution >= 0.6 is 11.6 Å². The van der Waals surface area contributed by atoms with E-state index in [4.69, 9.17) is 16.3 Å². The number of hydrogen-bond donors (Lipinski definition) is 1. The molecule has 1 fully saturated rings. The third kappa shape index (κ3) is 3.03. The molecule has 1 heterocycles. The maximum atomic E-state index is 11.6. The van der Waals surface area contributed by atoms with E-state index in [1.165, 1.54) is 6.42 Å². The number of carbonyl (C=O) groups excluding carboxylic acids is 1. The average molecular weight is 268 g/mol. The number of piperidine rings is 1. The van der Waals surface area contributed by atoms with Crippen LogP contribution in [0.5, 0.6) is 0 Å². The number of nitrogens with one attached hydrogen (secondary N) is 1. The minimum Gasteiger partial charge on any atom is -0.462 e. The van der Waals surface area contributed by atoms with E-state index in [1.54, 1.807) is 19.1 Å². The van der Waals surface area contributed by atoms with Gasteiger partial charge in [-0.3, -0.25) is 0 Å². The zero-order valence-electron chi connectivity index (χ0n) is 10.5. The molecular weight excluding hydrogens is 250 g/mol. The third-order valence-electron chi connectivity index (χ3n) is 3.25. The van der Waals surface area contributed by atoms with Crippen LogP contribution < -0.4 is 5.32 Å². The first-order valence-electron chi connectivity index (χ1n) is 6.39. The van der Waals surface area contributed by atoms with Crippen LogP contribution in [0.25, 0.3) is 0 Å². The molecule has 1 saturated heterocycles. The van der Waals surface area contributed by atoms with Gasteiger partial charge in [-0.2, -0.15) is 0 Å². The fraction of sp³-hybridized carbons (Fsp3) is 0.500. The molecule has 3 nitrogen and oxygen atoms in total. The van der Waals surface area contributed by atoms with Crippen LogP contribution in [0.3, 0.4) is 0 Å². The largest absolute Gasteiger partial charge is 0.462 e. The molecule has 0 amide bonds. The van der Waals surface area contributed by atoms with Crippen molar-refractivity contribution in [2.45, 2.75) is 25.7 Å². The van der Waals surface area contributed by atoms with Gasteiger partial charge in [0.05, 0.1) is 12.2 Å². The molecule has 4 heteroatoms. The van der Waals surface area contributed by atoms with Gasteiger partial charge in [-0.1, -0.05) is 17.7 Å². The second-order valence-electron chi connectivity index (χ2n) is 4.50. The molecule has 0 aromatic heterocycles. The minimum atomic E-state index is -0.312. The van der Waals surface area contributed by atoms with E-state index >= 15 is 0 Å². The summed E-state index contributed by atoms with van der Waals surface area (Å²) in [6.07, 6.45) is 2.31. The lowest BCUT2D eigenvalue weighted by Crippen LogP contribution is -2.28. The van der Waals surface area contributed by atoms with Crippen LogP contribution in [0.4, 0.5) is 0 Å². The minimum absolute atomic E-state index is 0.312. The summed E-state index contributed by atoms with van der Waals surface area (Å²) in [6.45, 7) is 4.21. The topological polar surface area (TPSA) is 38.3 Å². The molecule has 0 saturated carbocycles. The van der Waals surface area contributed by atoms with Crippen LogP contribution in [0.15, 0.2) is 18.2 Å². The third-order valence-corrected chi connectivity index (χ3v) is 3.58. The summed E-state index contributed by atoms with van der Waals surface area (Å²) in [5.41, 5.74) is 1.64. The maximum Gasteiger partial charge on any atom is 0.338 e. The summed E-state index contributed by atoms with van der Waals surface area (Å²) in [7, 11) is 0.